The van der Waals surface area contributed by atoms with Crippen LogP contribution in [0, 0.1) is 5.21 Å². The first-order chi connectivity index (χ1) is 11.2. The van der Waals surface area contributed by atoms with E-state index in [0.29, 0.717) is 23.9 Å². The van der Waals surface area contributed by atoms with Crippen LogP contribution < -0.4 is 19.5 Å². The van der Waals surface area contributed by atoms with Gasteiger partial charge < -0.3 is 20.0 Å². The van der Waals surface area contributed by atoms with Crippen molar-refractivity contribution in [3.05, 3.63) is 53.9 Å². The van der Waals surface area contributed by atoms with E-state index >= 15 is 0 Å². The van der Waals surface area contributed by atoms with Crippen LogP contribution in [-0.4, -0.2) is 30.9 Å². The number of nitrogens with zero attached hydrogens (tertiary/aromatic N) is 1. The lowest BCUT2D eigenvalue weighted by Crippen LogP contribution is -2.41. The molecule has 1 aromatic heterocycles. The van der Waals surface area contributed by atoms with Crippen molar-refractivity contribution in [3.8, 4) is 11.5 Å². The molecule has 0 saturated carbocycles. The van der Waals surface area contributed by atoms with Crippen LogP contribution in [-0.2, 0) is 4.79 Å². The summed E-state index contributed by atoms with van der Waals surface area (Å²) >= 11 is 1.20. The fraction of sp³-hybridized carbons (Fsp3) is 0.250. The highest BCUT2D eigenvalue weighted by Crippen LogP contribution is 2.30. The second kappa shape index (κ2) is 7.23. The summed E-state index contributed by atoms with van der Waals surface area (Å²) in [6.07, 6.45) is 1.19. The first-order valence-electron chi connectivity index (χ1n) is 7.18. The summed E-state index contributed by atoms with van der Waals surface area (Å²) in [6.45, 7) is 0.754. The van der Waals surface area contributed by atoms with E-state index in [1.54, 1.807) is 18.2 Å². The molecule has 1 N–H and O–H groups in total. The third-order valence-corrected chi connectivity index (χ3v) is 4.25. The molecule has 0 fully saturated rings. The molecule has 2 heterocycles. The summed E-state index contributed by atoms with van der Waals surface area (Å²) < 4.78 is 12.1. The number of fused-ring (bicyclic) bond motifs is 1. The van der Waals surface area contributed by atoms with Gasteiger partial charge in [0.05, 0.1) is 12.3 Å². The van der Waals surface area contributed by atoms with E-state index in [-0.39, 0.29) is 17.8 Å². The number of rotatable bonds is 5. The number of nitrogens with one attached hydrogen (secondary N) is 1. The van der Waals surface area contributed by atoms with E-state index in [2.05, 4.69) is 5.32 Å². The minimum Gasteiger partial charge on any atom is -0.618 e. The molecule has 2 aromatic rings. The van der Waals surface area contributed by atoms with Gasteiger partial charge in [-0.05, 0) is 30.0 Å². The molecule has 1 unspecified atom stereocenters. The standard InChI is InChI=1S/C16H16N2O4S/c19-15(11-23-16-7-3-4-8-18(16)20)17-9-12-10-21-13-5-1-2-6-14(13)22-12/h1-8,12H,9-11H2,(H,17,19). The topological polar surface area (TPSA) is 74.5 Å². The molecule has 1 aliphatic heterocycles. The van der Waals surface area contributed by atoms with E-state index in [4.69, 9.17) is 9.47 Å². The Balaban J connectivity index is 1.44. The molecule has 0 saturated heterocycles. The first kappa shape index (κ1) is 15.5. The summed E-state index contributed by atoms with van der Waals surface area (Å²) in [5.41, 5.74) is 0. The number of carbonyl (C=O) groups excluding carboxylic acids is 1. The van der Waals surface area contributed by atoms with Gasteiger partial charge >= 0.3 is 0 Å². The van der Waals surface area contributed by atoms with Crippen LogP contribution >= 0.6 is 11.8 Å². The van der Waals surface area contributed by atoms with Crippen molar-refractivity contribution in [2.75, 3.05) is 18.9 Å². The maximum absolute atomic E-state index is 11.9. The quantitative estimate of drug-likeness (QED) is 0.508. The largest absolute Gasteiger partial charge is 0.618 e. The highest BCUT2D eigenvalue weighted by molar-refractivity contribution is 7.99. The van der Waals surface area contributed by atoms with Gasteiger partial charge in [0.15, 0.2) is 17.7 Å². The average molecular weight is 332 g/mol. The first-order valence-corrected chi connectivity index (χ1v) is 8.17. The Kier molecular flexibility index (Phi) is 4.87. The summed E-state index contributed by atoms with van der Waals surface area (Å²) in [5, 5.41) is 14.8. The third-order valence-electron chi connectivity index (χ3n) is 3.23. The summed E-state index contributed by atoms with van der Waals surface area (Å²) in [6, 6.07) is 12.5. The maximum atomic E-state index is 11.9. The van der Waals surface area contributed by atoms with E-state index in [9.17, 15) is 10.0 Å². The van der Waals surface area contributed by atoms with Crippen LogP contribution in [0.5, 0.6) is 11.5 Å². The molecule has 0 radical (unpaired) electrons. The Hall–Kier alpha value is -2.41. The van der Waals surface area contributed by atoms with Crippen LogP contribution in [0.1, 0.15) is 0 Å². The zero-order chi connectivity index (χ0) is 16.1. The fourth-order valence-corrected chi connectivity index (χ4v) is 2.85. The number of thioether (sulfide) groups is 1. The van der Waals surface area contributed by atoms with Crippen molar-refractivity contribution in [3.63, 3.8) is 0 Å². The van der Waals surface area contributed by atoms with Crippen LogP contribution in [0.3, 0.4) is 0 Å². The summed E-state index contributed by atoms with van der Waals surface area (Å²) in [7, 11) is 0. The monoisotopic (exact) mass is 332 g/mol. The van der Waals surface area contributed by atoms with Gasteiger partial charge in [-0.25, -0.2) is 0 Å². The lowest BCUT2D eigenvalue weighted by molar-refractivity contribution is -0.645. The van der Waals surface area contributed by atoms with Crippen molar-refractivity contribution >= 4 is 17.7 Å². The molecule has 1 amide bonds. The van der Waals surface area contributed by atoms with Crippen molar-refractivity contribution in [2.45, 2.75) is 11.1 Å². The second-order valence-electron chi connectivity index (χ2n) is 4.96. The van der Waals surface area contributed by atoms with Crippen LogP contribution in [0.15, 0.2) is 53.7 Å². The predicted octanol–water partition coefficient (Wildman–Crippen LogP) is 1.37. The Morgan fingerprint density at radius 1 is 1.26 bits per heavy atom. The number of benzene rings is 1. The molecule has 120 valence electrons. The maximum Gasteiger partial charge on any atom is 0.251 e. The van der Waals surface area contributed by atoms with E-state index in [1.165, 1.54) is 18.0 Å². The van der Waals surface area contributed by atoms with Gasteiger partial charge in [0.1, 0.15) is 12.7 Å². The van der Waals surface area contributed by atoms with E-state index in [1.807, 2.05) is 24.3 Å². The number of pyridine rings is 1. The molecule has 1 atom stereocenters. The molecule has 23 heavy (non-hydrogen) atoms. The molecule has 3 rings (SSSR count). The molecule has 0 aliphatic carbocycles. The molecule has 1 aliphatic rings. The van der Waals surface area contributed by atoms with E-state index < -0.39 is 0 Å². The minimum atomic E-state index is -0.222. The van der Waals surface area contributed by atoms with Crippen LogP contribution in [0.4, 0.5) is 0 Å². The Bertz CT molecular complexity index is 695. The van der Waals surface area contributed by atoms with Gasteiger partial charge in [-0.2, -0.15) is 4.73 Å². The van der Waals surface area contributed by atoms with Gasteiger partial charge in [-0.15, -0.1) is 0 Å². The predicted molar refractivity (Wildman–Crippen MR) is 85.5 cm³/mol. The molecule has 6 nitrogen and oxygen atoms in total. The van der Waals surface area contributed by atoms with E-state index in [0.717, 1.165) is 10.5 Å². The van der Waals surface area contributed by atoms with Crippen LogP contribution in [0.2, 0.25) is 0 Å². The minimum absolute atomic E-state index is 0.152. The molecular weight excluding hydrogens is 316 g/mol. The van der Waals surface area contributed by atoms with Gasteiger partial charge in [-0.3, -0.25) is 4.79 Å². The lowest BCUT2D eigenvalue weighted by atomic mass is 10.2. The fourth-order valence-electron chi connectivity index (χ4n) is 2.11. The van der Waals surface area contributed by atoms with Gasteiger partial charge in [0, 0.05) is 12.1 Å². The highest BCUT2D eigenvalue weighted by atomic mass is 32.2. The van der Waals surface area contributed by atoms with Gasteiger partial charge in [0.25, 0.3) is 5.03 Å². The second-order valence-corrected chi connectivity index (χ2v) is 5.95. The SMILES string of the molecule is O=C(CSc1cccc[n+]1[O-])NCC1COc2ccccc2O1. The third kappa shape index (κ3) is 4.07. The van der Waals surface area contributed by atoms with Crippen molar-refractivity contribution in [1.29, 1.82) is 0 Å². The average Bonchev–Trinajstić information content (AvgIpc) is 2.59. The zero-order valence-electron chi connectivity index (χ0n) is 12.3. The number of amides is 1. The number of carbonyl (C=O) groups is 1. The van der Waals surface area contributed by atoms with Crippen molar-refractivity contribution < 1.29 is 19.0 Å². The summed E-state index contributed by atoms with van der Waals surface area (Å²) in [5.74, 6) is 1.43. The molecule has 0 bridgehead atoms. The van der Waals surface area contributed by atoms with Gasteiger partial charge in [-0.1, -0.05) is 12.1 Å². The lowest BCUT2D eigenvalue weighted by Gasteiger charge is -2.26. The molecule has 7 heteroatoms. The number of para-hydroxylation sites is 2. The molecule has 0 spiro atoms. The number of hydrogen-bond donors (Lipinski definition) is 1. The Morgan fingerprint density at radius 2 is 2.04 bits per heavy atom. The number of hydrogen-bond acceptors (Lipinski definition) is 5. The van der Waals surface area contributed by atoms with Gasteiger partial charge in [0.2, 0.25) is 5.91 Å². The Morgan fingerprint density at radius 3 is 2.87 bits per heavy atom. The molecular formula is C16H16N2O4S. The number of aromatic nitrogens is 1. The molecule has 1 aromatic carbocycles. The highest BCUT2D eigenvalue weighted by Gasteiger charge is 2.21. The summed E-state index contributed by atoms with van der Waals surface area (Å²) in [4.78, 5) is 11.9. The van der Waals surface area contributed by atoms with Crippen molar-refractivity contribution in [1.82, 2.24) is 5.32 Å². The smallest absolute Gasteiger partial charge is 0.251 e. The van der Waals surface area contributed by atoms with Crippen LogP contribution in [0.25, 0.3) is 0 Å². The number of ether oxygens (including phenoxy) is 2. The Labute approximate surface area is 138 Å². The van der Waals surface area contributed by atoms with Crippen molar-refractivity contribution in [2.24, 2.45) is 0 Å². The zero-order valence-corrected chi connectivity index (χ0v) is 13.1. The normalized spacial score (nSPS) is 15.9.